The molecule has 1 aromatic heterocycles. The van der Waals surface area contributed by atoms with Crippen molar-refractivity contribution in [3.63, 3.8) is 0 Å². The largest absolute Gasteiger partial charge is 0.307 e. The lowest BCUT2D eigenvalue weighted by molar-refractivity contribution is 0.574. The number of nitrogen functional groups attached to an aromatic ring is 1. The molecule has 0 saturated carbocycles. The van der Waals surface area contributed by atoms with E-state index < -0.39 is 20.0 Å². The Balaban J connectivity index is 2.60. The molecule has 9 nitrogen and oxygen atoms in total. The fourth-order valence-electron chi connectivity index (χ4n) is 1.31. The van der Waals surface area contributed by atoms with E-state index in [9.17, 15) is 16.8 Å². The van der Waals surface area contributed by atoms with Gasteiger partial charge in [0.15, 0.2) is 5.82 Å². The van der Waals surface area contributed by atoms with E-state index in [1.807, 2.05) is 0 Å². The molecule has 0 saturated heterocycles. The van der Waals surface area contributed by atoms with Crippen LogP contribution in [0, 0.1) is 0 Å². The zero-order chi connectivity index (χ0) is 16.1. The molecule has 0 atom stereocenters. The van der Waals surface area contributed by atoms with E-state index in [4.69, 9.17) is 17.4 Å². The van der Waals surface area contributed by atoms with Crippen molar-refractivity contribution in [2.24, 2.45) is 5.84 Å². The Bertz CT molecular complexity index is 692. The molecule has 0 unspecified atom stereocenters. The molecule has 12 heteroatoms. The fourth-order valence-corrected chi connectivity index (χ4v) is 3.15. The van der Waals surface area contributed by atoms with Crippen molar-refractivity contribution in [2.45, 2.75) is 11.3 Å². The molecule has 1 aromatic rings. The summed E-state index contributed by atoms with van der Waals surface area (Å²) in [5, 5.41) is 0.0686. The van der Waals surface area contributed by atoms with Crippen molar-refractivity contribution in [1.82, 2.24) is 14.4 Å². The predicted molar refractivity (Wildman–Crippen MR) is 79.7 cm³/mol. The maximum absolute atomic E-state index is 11.9. The van der Waals surface area contributed by atoms with Crippen molar-refractivity contribution in [3.8, 4) is 0 Å². The highest BCUT2D eigenvalue weighted by Crippen LogP contribution is 2.21. The number of rotatable bonds is 8. The molecule has 0 radical (unpaired) electrons. The molecule has 0 fully saturated rings. The van der Waals surface area contributed by atoms with Gasteiger partial charge in [-0.15, -0.1) is 0 Å². The maximum Gasteiger partial charge on any atom is 0.242 e. The van der Waals surface area contributed by atoms with Crippen molar-refractivity contribution in [3.05, 3.63) is 17.3 Å². The molecule has 0 aliphatic carbocycles. The van der Waals surface area contributed by atoms with Gasteiger partial charge in [-0.25, -0.2) is 37.1 Å². The summed E-state index contributed by atoms with van der Waals surface area (Å²) in [6.07, 6.45) is 2.44. The molecule has 0 bridgehead atoms. The van der Waals surface area contributed by atoms with Gasteiger partial charge in [-0.1, -0.05) is 11.6 Å². The number of pyridine rings is 1. The first-order valence-electron chi connectivity index (χ1n) is 5.72. The number of aromatic nitrogens is 1. The van der Waals surface area contributed by atoms with Gasteiger partial charge in [0.2, 0.25) is 20.0 Å². The van der Waals surface area contributed by atoms with Crippen molar-refractivity contribution >= 4 is 37.5 Å². The minimum atomic E-state index is -3.77. The van der Waals surface area contributed by atoms with Crippen LogP contribution < -0.4 is 20.7 Å². The molecule has 1 rings (SSSR count). The van der Waals surface area contributed by atoms with Gasteiger partial charge in [0.1, 0.15) is 4.90 Å². The number of halogens is 1. The standard InChI is InChI=1S/C9H16ClN5O4S2/c1-20(16,17)13-3-2-4-14-21(18,19)7-5-8(10)9(15-11)12-6-7/h5-6,13-14H,2-4,11H2,1H3,(H,12,15). The van der Waals surface area contributed by atoms with Crippen LogP contribution in [0.4, 0.5) is 5.82 Å². The first-order chi connectivity index (χ1) is 9.65. The molecule has 0 aliphatic rings. The Morgan fingerprint density at radius 3 is 2.38 bits per heavy atom. The van der Waals surface area contributed by atoms with E-state index in [2.05, 4.69) is 19.9 Å². The third kappa shape index (κ3) is 6.11. The normalized spacial score (nSPS) is 12.3. The summed E-state index contributed by atoms with van der Waals surface area (Å²) in [6, 6.07) is 1.21. The first kappa shape index (κ1) is 18.1. The molecule has 120 valence electrons. The molecule has 1 heterocycles. The summed E-state index contributed by atoms with van der Waals surface area (Å²) in [6.45, 7) is 0.204. The number of hydrogen-bond acceptors (Lipinski definition) is 7. The molecular weight excluding hydrogens is 342 g/mol. The van der Waals surface area contributed by atoms with Crippen LogP contribution in [-0.2, 0) is 20.0 Å². The average Bonchev–Trinajstić information content (AvgIpc) is 2.36. The quantitative estimate of drug-likeness (QED) is 0.272. The van der Waals surface area contributed by atoms with Gasteiger partial charge in [-0.3, -0.25) is 0 Å². The van der Waals surface area contributed by atoms with Gasteiger partial charge >= 0.3 is 0 Å². The zero-order valence-electron chi connectivity index (χ0n) is 11.1. The van der Waals surface area contributed by atoms with Gasteiger partial charge < -0.3 is 5.43 Å². The zero-order valence-corrected chi connectivity index (χ0v) is 13.5. The van der Waals surface area contributed by atoms with E-state index in [0.717, 1.165) is 12.5 Å². The second-order valence-electron chi connectivity index (χ2n) is 4.06. The lowest BCUT2D eigenvalue weighted by Crippen LogP contribution is -2.29. The Labute approximate surface area is 128 Å². The average molecular weight is 358 g/mol. The summed E-state index contributed by atoms with van der Waals surface area (Å²) in [4.78, 5) is 3.65. The third-order valence-corrected chi connectivity index (χ3v) is 4.72. The summed E-state index contributed by atoms with van der Waals surface area (Å²) in [7, 11) is -7.05. The number of anilines is 1. The molecular formula is C9H16ClN5O4S2. The van der Waals surface area contributed by atoms with Crippen molar-refractivity contribution in [2.75, 3.05) is 24.8 Å². The van der Waals surface area contributed by atoms with Crippen molar-refractivity contribution < 1.29 is 16.8 Å². The number of hydrogen-bond donors (Lipinski definition) is 4. The highest BCUT2D eigenvalue weighted by atomic mass is 35.5. The van der Waals surface area contributed by atoms with Crippen LogP contribution in [0.3, 0.4) is 0 Å². The van der Waals surface area contributed by atoms with Crippen LogP contribution in [0.5, 0.6) is 0 Å². The monoisotopic (exact) mass is 357 g/mol. The van der Waals surface area contributed by atoms with Crippen LogP contribution in [0.15, 0.2) is 17.2 Å². The second kappa shape index (κ2) is 7.33. The lowest BCUT2D eigenvalue weighted by atomic mass is 10.4. The molecule has 0 aliphatic heterocycles. The molecule has 21 heavy (non-hydrogen) atoms. The lowest BCUT2D eigenvalue weighted by Gasteiger charge is -2.08. The Kier molecular flexibility index (Phi) is 6.31. The maximum atomic E-state index is 11.9. The topological polar surface area (TPSA) is 143 Å². The summed E-state index contributed by atoms with van der Waals surface area (Å²) in [5.41, 5.74) is 2.22. The predicted octanol–water partition coefficient (Wildman–Crippen LogP) is -0.762. The van der Waals surface area contributed by atoms with E-state index in [-0.39, 0.29) is 28.8 Å². The number of nitrogens with one attached hydrogen (secondary N) is 3. The minimum Gasteiger partial charge on any atom is -0.307 e. The van der Waals surface area contributed by atoms with Gasteiger partial charge in [-0.05, 0) is 12.5 Å². The molecule has 0 aromatic carbocycles. The van der Waals surface area contributed by atoms with Gasteiger partial charge in [-0.2, -0.15) is 0 Å². The minimum absolute atomic E-state index is 0.0686. The number of nitrogens with zero attached hydrogens (tertiary/aromatic N) is 1. The van der Waals surface area contributed by atoms with Crippen LogP contribution in [-0.4, -0.2) is 41.2 Å². The van der Waals surface area contributed by atoms with Crippen molar-refractivity contribution in [1.29, 1.82) is 0 Å². The fraction of sp³-hybridized carbons (Fsp3) is 0.444. The molecule has 5 N–H and O–H groups in total. The van der Waals surface area contributed by atoms with E-state index in [0.29, 0.717) is 6.42 Å². The smallest absolute Gasteiger partial charge is 0.242 e. The Morgan fingerprint density at radius 2 is 1.86 bits per heavy atom. The van der Waals surface area contributed by atoms with Gasteiger partial charge in [0.05, 0.1) is 11.3 Å². The van der Waals surface area contributed by atoms with Crippen LogP contribution in [0.25, 0.3) is 0 Å². The van der Waals surface area contributed by atoms with Crippen LogP contribution >= 0.6 is 11.6 Å². The third-order valence-electron chi connectivity index (χ3n) is 2.27. The first-order valence-corrected chi connectivity index (χ1v) is 9.47. The Morgan fingerprint density at radius 1 is 1.24 bits per heavy atom. The van der Waals surface area contributed by atoms with Gasteiger partial charge in [0.25, 0.3) is 0 Å². The van der Waals surface area contributed by atoms with Crippen LogP contribution in [0.2, 0.25) is 5.02 Å². The highest BCUT2D eigenvalue weighted by molar-refractivity contribution is 7.89. The van der Waals surface area contributed by atoms with Crippen LogP contribution in [0.1, 0.15) is 6.42 Å². The molecule has 0 amide bonds. The number of nitrogens with two attached hydrogens (primary N) is 1. The SMILES string of the molecule is CS(=O)(=O)NCCCNS(=O)(=O)c1cnc(NN)c(Cl)c1. The summed E-state index contributed by atoms with van der Waals surface area (Å²) < 4.78 is 50.1. The summed E-state index contributed by atoms with van der Waals surface area (Å²) in [5.74, 6) is 5.30. The number of sulfonamides is 2. The Hall–Kier alpha value is -0.980. The van der Waals surface area contributed by atoms with E-state index in [1.54, 1.807) is 0 Å². The van der Waals surface area contributed by atoms with E-state index >= 15 is 0 Å². The molecule has 0 spiro atoms. The number of hydrazine groups is 1. The van der Waals surface area contributed by atoms with Gasteiger partial charge in [0, 0.05) is 19.3 Å². The summed E-state index contributed by atoms with van der Waals surface area (Å²) >= 11 is 5.80. The second-order valence-corrected chi connectivity index (χ2v) is 8.07. The highest BCUT2D eigenvalue weighted by Gasteiger charge is 2.16. The van der Waals surface area contributed by atoms with E-state index in [1.165, 1.54) is 6.07 Å².